The summed E-state index contributed by atoms with van der Waals surface area (Å²) in [4.78, 5) is 23.4. The summed E-state index contributed by atoms with van der Waals surface area (Å²) in [5.74, 6) is -0.621. The van der Waals surface area contributed by atoms with E-state index in [9.17, 15) is 9.59 Å². The normalized spacial score (nSPS) is 12.0. The highest BCUT2D eigenvalue weighted by atomic mass is 16.5. The van der Waals surface area contributed by atoms with E-state index in [1.807, 2.05) is 13.8 Å². The Morgan fingerprint density at radius 2 is 1.90 bits per heavy atom. The molecule has 0 radical (unpaired) electrons. The molecule has 0 spiro atoms. The largest absolute Gasteiger partial charge is 0.480 e. The lowest BCUT2D eigenvalue weighted by molar-refractivity contribution is -0.128. The van der Waals surface area contributed by atoms with E-state index in [1.54, 1.807) is 13.0 Å². The van der Waals surface area contributed by atoms with Gasteiger partial charge in [-0.05, 0) is 38.0 Å². The standard InChI is InChI=1S/C15H23N3O3/c1-4-11(5-2)18-15(20)9(3)21-13-7-6-10(16)8-12(13)14(17)19/h6-9,11H,4-5,16H2,1-3H3,(H2,17,19)(H,18,20). The molecule has 6 heteroatoms. The maximum Gasteiger partial charge on any atom is 0.260 e. The predicted molar refractivity (Wildman–Crippen MR) is 82.0 cm³/mol. The summed E-state index contributed by atoms with van der Waals surface area (Å²) in [6.07, 6.45) is 0.972. The number of anilines is 1. The minimum atomic E-state index is -0.729. The van der Waals surface area contributed by atoms with E-state index in [2.05, 4.69) is 5.32 Å². The molecule has 1 unspecified atom stereocenters. The molecule has 6 nitrogen and oxygen atoms in total. The highest BCUT2D eigenvalue weighted by Gasteiger charge is 2.20. The van der Waals surface area contributed by atoms with Crippen LogP contribution in [0.3, 0.4) is 0 Å². The van der Waals surface area contributed by atoms with Gasteiger partial charge in [0.2, 0.25) is 0 Å². The van der Waals surface area contributed by atoms with Crippen LogP contribution < -0.4 is 21.5 Å². The number of primary amides is 1. The van der Waals surface area contributed by atoms with Crippen LogP contribution in [0, 0.1) is 0 Å². The topological polar surface area (TPSA) is 107 Å². The van der Waals surface area contributed by atoms with Gasteiger partial charge in [-0.2, -0.15) is 0 Å². The zero-order valence-corrected chi connectivity index (χ0v) is 12.7. The highest BCUT2D eigenvalue weighted by molar-refractivity contribution is 5.96. The lowest BCUT2D eigenvalue weighted by Crippen LogP contribution is -2.42. The van der Waals surface area contributed by atoms with Crippen molar-refractivity contribution in [2.24, 2.45) is 5.73 Å². The summed E-state index contributed by atoms with van der Waals surface area (Å²) < 4.78 is 5.55. The van der Waals surface area contributed by atoms with Crippen molar-refractivity contribution in [1.82, 2.24) is 5.32 Å². The van der Waals surface area contributed by atoms with E-state index in [0.29, 0.717) is 5.69 Å². The summed E-state index contributed by atoms with van der Waals surface area (Å²) in [5.41, 5.74) is 11.5. The van der Waals surface area contributed by atoms with E-state index in [-0.39, 0.29) is 23.3 Å². The number of hydrogen-bond acceptors (Lipinski definition) is 4. The van der Waals surface area contributed by atoms with Gasteiger partial charge in [-0.1, -0.05) is 13.8 Å². The molecule has 0 aliphatic rings. The maximum absolute atomic E-state index is 12.0. The third-order valence-corrected chi connectivity index (χ3v) is 3.27. The van der Waals surface area contributed by atoms with E-state index in [0.717, 1.165) is 12.8 Å². The fraction of sp³-hybridized carbons (Fsp3) is 0.467. The minimum Gasteiger partial charge on any atom is -0.480 e. The van der Waals surface area contributed by atoms with Crippen molar-refractivity contribution < 1.29 is 14.3 Å². The van der Waals surface area contributed by atoms with E-state index >= 15 is 0 Å². The Morgan fingerprint density at radius 1 is 1.29 bits per heavy atom. The van der Waals surface area contributed by atoms with Crippen LogP contribution >= 0.6 is 0 Å². The van der Waals surface area contributed by atoms with Crippen LogP contribution in [0.1, 0.15) is 44.0 Å². The molecule has 5 N–H and O–H groups in total. The van der Waals surface area contributed by atoms with Crippen LogP contribution in [0.2, 0.25) is 0 Å². The lowest BCUT2D eigenvalue weighted by atomic mass is 10.1. The lowest BCUT2D eigenvalue weighted by Gasteiger charge is -2.20. The molecular formula is C15H23N3O3. The number of ether oxygens (including phenoxy) is 1. The van der Waals surface area contributed by atoms with Gasteiger partial charge in [0.15, 0.2) is 6.10 Å². The number of amides is 2. The average molecular weight is 293 g/mol. The number of nitrogen functional groups attached to an aromatic ring is 1. The Bertz CT molecular complexity index is 513. The summed E-state index contributed by atoms with van der Waals surface area (Å²) in [6, 6.07) is 4.68. The van der Waals surface area contributed by atoms with Crippen LogP contribution in [0.25, 0.3) is 0 Å². The predicted octanol–water partition coefficient (Wildman–Crippen LogP) is 1.44. The van der Waals surface area contributed by atoms with Gasteiger partial charge in [-0.3, -0.25) is 9.59 Å². The Labute approximate surface area is 124 Å². The second-order valence-electron chi connectivity index (χ2n) is 4.90. The van der Waals surface area contributed by atoms with Crippen molar-refractivity contribution in [2.75, 3.05) is 5.73 Å². The van der Waals surface area contributed by atoms with Gasteiger partial charge in [-0.25, -0.2) is 0 Å². The number of rotatable bonds is 7. The second kappa shape index (κ2) is 7.52. The Hall–Kier alpha value is -2.24. The van der Waals surface area contributed by atoms with Crippen LogP contribution in [-0.4, -0.2) is 24.0 Å². The van der Waals surface area contributed by atoms with Gasteiger partial charge in [0.25, 0.3) is 11.8 Å². The molecule has 0 aromatic heterocycles. The van der Waals surface area contributed by atoms with Gasteiger partial charge in [0.05, 0.1) is 5.56 Å². The third-order valence-electron chi connectivity index (χ3n) is 3.27. The molecule has 0 saturated heterocycles. The number of nitrogens with one attached hydrogen (secondary N) is 1. The number of hydrogen-bond donors (Lipinski definition) is 3. The molecule has 0 saturated carbocycles. The minimum absolute atomic E-state index is 0.116. The van der Waals surface area contributed by atoms with E-state index in [1.165, 1.54) is 12.1 Å². The van der Waals surface area contributed by atoms with Crippen LogP contribution in [-0.2, 0) is 4.79 Å². The molecule has 0 bridgehead atoms. The molecule has 2 amide bonds. The molecule has 116 valence electrons. The molecule has 1 atom stereocenters. The van der Waals surface area contributed by atoms with Crippen molar-refractivity contribution in [1.29, 1.82) is 0 Å². The van der Waals surface area contributed by atoms with Gasteiger partial charge >= 0.3 is 0 Å². The monoisotopic (exact) mass is 293 g/mol. The second-order valence-corrected chi connectivity index (χ2v) is 4.90. The summed E-state index contributed by atoms with van der Waals surface area (Å²) in [6.45, 7) is 5.63. The molecule has 0 heterocycles. The Balaban J connectivity index is 2.81. The van der Waals surface area contributed by atoms with Crippen molar-refractivity contribution in [3.63, 3.8) is 0 Å². The fourth-order valence-corrected chi connectivity index (χ4v) is 1.90. The first kappa shape index (κ1) is 16.8. The van der Waals surface area contributed by atoms with Crippen molar-refractivity contribution >= 4 is 17.5 Å². The molecule has 0 aliphatic heterocycles. The van der Waals surface area contributed by atoms with Crippen LogP contribution in [0.4, 0.5) is 5.69 Å². The number of carbonyl (C=O) groups excluding carboxylic acids is 2. The number of nitrogens with two attached hydrogens (primary N) is 2. The zero-order valence-electron chi connectivity index (χ0n) is 12.7. The first-order chi connectivity index (χ1) is 9.88. The zero-order chi connectivity index (χ0) is 16.0. The highest BCUT2D eigenvalue weighted by Crippen LogP contribution is 2.22. The fourth-order valence-electron chi connectivity index (χ4n) is 1.90. The quantitative estimate of drug-likeness (QED) is 0.661. The summed E-state index contributed by atoms with van der Waals surface area (Å²) in [7, 11) is 0. The first-order valence-electron chi connectivity index (χ1n) is 7.05. The average Bonchev–Trinajstić information content (AvgIpc) is 2.45. The molecule has 1 rings (SSSR count). The van der Waals surface area contributed by atoms with Crippen LogP contribution in [0.15, 0.2) is 18.2 Å². The SMILES string of the molecule is CCC(CC)NC(=O)C(C)Oc1ccc(N)cc1C(N)=O. The van der Waals surface area contributed by atoms with Crippen molar-refractivity contribution in [3.8, 4) is 5.75 Å². The molecule has 21 heavy (non-hydrogen) atoms. The summed E-state index contributed by atoms with van der Waals surface area (Å²) >= 11 is 0. The van der Waals surface area contributed by atoms with Gasteiger partial charge in [0, 0.05) is 11.7 Å². The molecule has 1 aromatic rings. The van der Waals surface area contributed by atoms with Gasteiger partial charge in [-0.15, -0.1) is 0 Å². The first-order valence-corrected chi connectivity index (χ1v) is 7.05. The number of benzene rings is 1. The smallest absolute Gasteiger partial charge is 0.260 e. The molecular weight excluding hydrogens is 270 g/mol. The van der Waals surface area contributed by atoms with E-state index < -0.39 is 12.0 Å². The van der Waals surface area contributed by atoms with Crippen molar-refractivity contribution in [3.05, 3.63) is 23.8 Å². The van der Waals surface area contributed by atoms with Gasteiger partial charge < -0.3 is 21.5 Å². The Kier molecular flexibility index (Phi) is 6.02. The molecule has 1 aromatic carbocycles. The van der Waals surface area contributed by atoms with Crippen molar-refractivity contribution in [2.45, 2.75) is 45.8 Å². The third kappa shape index (κ3) is 4.66. The van der Waals surface area contributed by atoms with Gasteiger partial charge in [0.1, 0.15) is 5.75 Å². The van der Waals surface area contributed by atoms with E-state index in [4.69, 9.17) is 16.2 Å². The number of carbonyl (C=O) groups is 2. The maximum atomic E-state index is 12.0. The molecule has 0 fully saturated rings. The Morgan fingerprint density at radius 3 is 2.43 bits per heavy atom. The molecule has 0 aliphatic carbocycles. The summed E-state index contributed by atoms with van der Waals surface area (Å²) in [5, 5.41) is 2.89. The van der Waals surface area contributed by atoms with Crippen LogP contribution in [0.5, 0.6) is 5.75 Å².